The van der Waals surface area contributed by atoms with Crippen molar-refractivity contribution in [2.45, 2.75) is 19.4 Å². The molecule has 0 aliphatic heterocycles. The predicted molar refractivity (Wildman–Crippen MR) is 55.5 cm³/mol. The van der Waals surface area contributed by atoms with Gasteiger partial charge in [-0.15, -0.1) is 0 Å². The van der Waals surface area contributed by atoms with E-state index < -0.39 is 12.0 Å². The number of carbonyl (C=O) groups excluding carboxylic acids is 1. The fraction of sp³-hybridized carbons (Fsp3) is 0.364. The molecule has 0 aliphatic carbocycles. The lowest BCUT2D eigenvalue weighted by molar-refractivity contribution is -0.148. The first kappa shape index (κ1) is 11.7. The zero-order valence-corrected chi connectivity index (χ0v) is 8.64. The summed E-state index contributed by atoms with van der Waals surface area (Å²) < 4.78 is 4.81. The van der Waals surface area contributed by atoms with Crippen LogP contribution in [0.25, 0.3) is 0 Å². The van der Waals surface area contributed by atoms with Crippen molar-refractivity contribution in [2.24, 2.45) is 0 Å². The highest BCUT2D eigenvalue weighted by Gasteiger charge is 2.18. The summed E-state index contributed by atoms with van der Waals surface area (Å²) in [5, 5.41) is 8.83. The summed E-state index contributed by atoms with van der Waals surface area (Å²) in [6, 6.07) is 8.75. The third-order valence-electron chi connectivity index (χ3n) is 2.01. The number of nitrogens with one attached hydrogen (secondary N) is 1. The third-order valence-corrected chi connectivity index (χ3v) is 2.01. The summed E-state index contributed by atoms with van der Waals surface area (Å²) in [4.78, 5) is 11.3. The van der Waals surface area contributed by atoms with Gasteiger partial charge in [-0.25, -0.2) is 0 Å². The van der Waals surface area contributed by atoms with Gasteiger partial charge in [0.25, 0.3) is 0 Å². The smallest absolute Gasteiger partial charge is 0.325 e. The van der Waals surface area contributed by atoms with Gasteiger partial charge in [-0.2, -0.15) is 5.48 Å². The Morgan fingerprint density at radius 1 is 1.47 bits per heavy atom. The molecule has 0 heterocycles. The normalized spacial score (nSPS) is 12.1. The van der Waals surface area contributed by atoms with Crippen LogP contribution in [0.15, 0.2) is 30.3 Å². The second-order valence-corrected chi connectivity index (χ2v) is 3.12. The molecule has 0 bridgehead atoms. The average molecular weight is 209 g/mol. The van der Waals surface area contributed by atoms with Gasteiger partial charge in [0.05, 0.1) is 6.61 Å². The summed E-state index contributed by atoms with van der Waals surface area (Å²) in [6.45, 7) is 2.04. The fourth-order valence-corrected chi connectivity index (χ4v) is 1.27. The van der Waals surface area contributed by atoms with E-state index in [1.165, 1.54) is 0 Å². The number of esters is 1. The zero-order valence-electron chi connectivity index (χ0n) is 8.64. The van der Waals surface area contributed by atoms with Gasteiger partial charge in [0.2, 0.25) is 0 Å². The van der Waals surface area contributed by atoms with Gasteiger partial charge in [0.15, 0.2) is 0 Å². The molecule has 4 heteroatoms. The van der Waals surface area contributed by atoms with E-state index in [4.69, 9.17) is 9.94 Å². The molecule has 0 amide bonds. The lowest BCUT2D eigenvalue weighted by Crippen LogP contribution is -2.37. The van der Waals surface area contributed by atoms with E-state index >= 15 is 0 Å². The Hall–Kier alpha value is -1.39. The van der Waals surface area contributed by atoms with Crippen molar-refractivity contribution >= 4 is 5.97 Å². The number of rotatable bonds is 5. The van der Waals surface area contributed by atoms with E-state index in [1.807, 2.05) is 35.8 Å². The van der Waals surface area contributed by atoms with E-state index in [0.717, 1.165) is 5.56 Å². The van der Waals surface area contributed by atoms with Gasteiger partial charge in [0.1, 0.15) is 6.04 Å². The third kappa shape index (κ3) is 3.69. The van der Waals surface area contributed by atoms with Gasteiger partial charge in [-0.1, -0.05) is 30.3 Å². The van der Waals surface area contributed by atoms with Crippen molar-refractivity contribution in [3.8, 4) is 0 Å². The highest BCUT2D eigenvalue weighted by Crippen LogP contribution is 2.04. The molecule has 0 aromatic heterocycles. The molecule has 0 saturated carbocycles. The number of hydroxylamine groups is 1. The topological polar surface area (TPSA) is 58.6 Å². The molecule has 1 rings (SSSR count). The Labute approximate surface area is 88.8 Å². The highest BCUT2D eigenvalue weighted by molar-refractivity contribution is 5.75. The lowest BCUT2D eigenvalue weighted by Gasteiger charge is -2.13. The Balaban J connectivity index is 2.58. The number of benzene rings is 1. The van der Waals surface area contributed by atoms with Crippen molar-refractivity contribution in [3.63, 3.8) is 0 Å². The van der Waals surface area contributed by atoms with Gasteiger partial charge in [-0.3, -0.25) is 4.79 Å². The maximum atomic E-state index is 11.3. The van der Waals surface area contributed by atoms with Crippen molar-refractivity contribution in [1.82, 2.24) is 5.48 Å². The zero-order chi connectivity index (χ0) is 11.1. The SMILES string of the molecule is CCOC(=O)[C@H](Cc1ccccc1)NO. The molecule has 82 valence electrons. The van der Waals surface area contributed by atoms with Gasteiger partial charge < -0.3 is 9.94 Å². The second kappa shape index (κ2) is 6.16. The molecule has 2 N–H and O–H groups in total. The summed E-state index contributed by atoms with van der Waals surface area (Å²) in [6.07, 6.45) is 0.413. The summed E-state index contributed by atoms with van der Waals surface area (Å²) in [5.41, 5.74) is 2.93. The van der Waals surface area contributed by atoms with E-state index in [0.29, 0.717) is 13.0 Å². The van der Waals surface area contributed by atoms with Crippen LogP contribution in [0.3, 0.4) is 0 Å². The molecule has 1 atom stereocenters. The van der Waals surface area contributed by atoms with Crippen LogP contribution in [-0.4, -0.2) is 23.8 Å². The highest BCUT2D eigenvalue weighted by atomic mass is 16.5. The Kier molecular flexibility index (Phi) is 4.80. The van der Waals surface area contributed by atoms with Crippen LogP contribution in [0.5, 0.6) is 0 Å². The molecule has 0 saturated heterocycles. The molecule has 15 heavy (non-hydrogen) atoms. The van der Waals surface area contributed by atoms with Gasteiger partial charge in [-0.05, 0) is 12.5 Å². The maximum Gasteiger partial charge on any atom is 0.325 e. The molecular weight excluding hydrogens is 194 g/mol. The number of hydrogen-bond donors (Lipinski definition) is 2. The Morgan fingerprint density at radius 3 is 2.67 bits per heavy atom. The predicted octanol–water partition coefficient (Wildman–Crippen LogP) is 1.14. The van der Waals surface area contributed by atoms with Crippen LogP contribution in [0.1, 0.15) is 12.5 Å². The molecule has 0 fully saturated rings. The number of ether oxygens (including phenoxy) is 1. The monoisotopic (exact) mass is 209 g/mol. The van der Waals surface area contributed by atoms with Crippen molar-refractivity contribution in [1.29, 1.82) is 0 Å². The molecule has 1 aromatic carbocycles. The Morgan fingerprint density at radius 2 is 2.13 bits per heavy atom. The minimum Gasteiger partial charge on any atom is -0.465 e. The van der Waals surface area contributed by atoms with Gasteiger partial charge in [0, 0.05) is 6.42 Å². The van der Waals surface area contributed by atoms with E-state index in [9.17, 15) is 4.79 Å². The standard InChI is InChI=1S/C11H15NO3/c1-2-15-11(13)10(12-14)8-9-6-4-3-5-7-9/h3-7,10,12,14H,2,8H2,1H3/t10-/m0/s1. The molecular formula is C11H15NO3. The second-order valence-electron chi connectivity index (χ2n) is 3.12. The van der Waals surface area contributed by atoms with Crippen LogP contribution in [0.4, 0.5) is 0 Å². The Bertz CT molecular complexity index is 300. The van der Waals surface area contributed by atoms with E-state index in [1.54, 1.807) is 6.92 Å². The minimum atomic E-state index is -0.702. The largest absolute Gasteiger partial charge is 0.465 e. The maximum absolute atomic E-state index is 11.3. The molecule has 0 radical (unpaired) electrons. The van der Waals surface area contributed by atoms with Crippen LogP contribution in [-0.2, 0) is 16.0 Å². The number of hydrogen-bond acceptors (Lipinski definition) is 4. The van der Waals surface area contributed by atoms with Crippen molar-refractivity contribution in [3.05, 3.63) is 35.9 Å². The number of carbonyl (C=O) groups is 1. The van der Waals surface area contributed by atoms with Crippen LogP contribution in [0, 0.1) is 0 Å². The minimum absolute atomic E-state index is 0.311. The molecule has 0 unspecified atom stereocenters. The van der Waals surface area contributed by atoms with Crippen LogP contribution in [0.2, 0.25) is 0 Å². The summed E-state index contributed by atoms with van der Waals surface area (Å²) >= 11 is 0. The first-order valence-electron chi connectivity index (χ1n) is 4.88. The first-order chi connectivity index (χ1) is 7.27. The van der Waals surface area contributed by atoms with Crippen molar-refractivity contribution < 1.29 is 14.7 Å². The summed E-state index contributed by atoms with van der Waals surface area (Å²) in [7, 11) is 0. The molecule has 0 aliphatic rings. The first-order valence-corrected chi connectivity index (χ1v) is 4.88. The van der Waals surface area contributed by atoms with Crippen LogP contribution >= 0.6 is 0 Å². The average Bonchev–Trinajstić information content (AvgIpc) is 2.27. The molecule has 0 spiro atoms. The molecule has 4 nitrogen and oxygen atoms in total. The fourth-order valence-electron chi connectivity index (χ4n) is 1.27. The van der Waals surface area contributed by atoms with E-state index in [-0.39, 0.29) is 0 Å². The van der Waals surface area contributed by atoms with E-state index in [2.05, 4.69) is 0 Å². The van der Waals surface area contributed by atoms with Crippen molar-refractivity contribution in [2.75, 3.05) is 6.61 Å². The quantitative estimate of drug-likeness (QED) is 0.564. The molecule has 1 aromatic rings. The lowest BCUT2D eigenvalue weighted by atomic mass is 10.1. The summed E-state index contributed by atoms with van der Waals surface area (Å²) in [5.74, 6) is -0.441. The van der Waals surface area contributed by atoms with Gasteiger partial charge >= 0.3 is 5.97 Å². The van der Waals surface area contributed by atoms with Crippen LogP contribution < -0.4 is 5.48 Å².